The van der Waals surface area contributed by atoms with Crippen LogP contribution in [0.5, 0.6) is 5.75 Å². The minimum atomic E-state index is -1.02. The molecule has 24 heavy (non-hydrogen) atoms. The number of hydrogen-bond donors (Lipinski definition) is 1. The lowest BCUT2D eigenvalue weighted by atomic mass is 10.1. The highest BCUT2D eigenvalue weighted by molar-refractivity contribution is 8.00. The summed E-state index contributed by atoms with van der Waals surface area (Å²) < 4.78 is 5.33. The Morgan fingerprint density at radius 1 is 1.12 bits per heavy atom. The van der Waals surface area contributed by atoms with E-state index in [1.165, 1.54) is 0 Å². The summed E-state index contributed by atoms with van der Waals surface area (Å²) in [4.78, 5) is 24.5. The van der Waals surface area contributed by atoms with Crippen LogP contribution in [0, 0.1) is 0 Å². The number of halogens is 1. The van der Waals surface area contributed by atoms with Gasteiger partial charge in [0.05, 0.1) is 6.61 Å². The van der Waals surface area contributed by atoms with Crippen LogP contribution in [0.1, 0.15) is 23.7 Å². The highest BCUT2D eigenvalue weighted by Crippen LogP contribution is 2.28. The molecular formula is C18H17ClO4S. The van der Waals surface area contributed by atoms with E-state index in [0.29, 0.717) is 22.9 Å². The van der Waals surface area contributed by atoms with Crippen LogP contribution in [-0.4, -0.2) is 28.7 Å². The van der Waals surface area contributed by atoms with Gasteiger partial charge in [-0.1, -0.05) is 11.6 Å². The number of hydrogen-bond acceptors (Lipinski definition) is 4. The Morgan fingerprint density at radius 2 is 1.75 bits per heavy atom. The van der Waals surface area contributed by atoms with Crippen molar-refractivity contribution in [1.82, 2.24) is 0 Å². The van der Waals surface area contributed by atoms with Crippen LogP contribution >= 0.6 is 23.4 Å². The second kappa shape index (κ2) is 8.76. The molecule has 0 aromatic heterocycles. The van der Waals surface area contributed by atoms with Crippen LogP contribution in [0.4, 0.5) is 0 Å². The largest absolute Gasteiger partial charge is 0.494 e. The monoisotopic (exact) mass is 364 g/mol. The Bertz CT molecular complexity index is 698. The van der Waals surface area contributed by atoms with E-state index in [4.69, 9.17) is 16.3 Å². The van der Waals surface area contributed by atoms with Crippen LogP contribution < -0.4 is 4.74 Å². The molecule has 2 aromatic carbocycles. The number of ether oxygens (including phenoxy) is 1. The molecular weight excluding hydrogens is 348 g/mol. The van der Waals surface area contributed by atoms with Gasteiger partial charge < -0.3 is 9.84 Å². The number of carbonyl (C=O) groups is 2. The Balaban J connectivity index is 2.05. The molecule has 2 rings (SSSR count). The summed E-state index contributed by atoms with van der Waals surface area (Å²) >= 11 is 6.96. The van der Waals surface area contributed by atoms with Crippen molar-refractivity contribution < 1.29 is 19.4 Å². The summed E-state index contributed by atoms with van der Waals surface area (Å²) in [6, 6.07) is 13.6. The molecule has 1 atom stereocenters. The van der Waals surface area contributed by atoms with Gasteiger partial charge in [-0.25, -0.2) is 0 Å². The van der Waals surface area contributed by atoms with Gasteiger partial charge in [0.1, 0.15) is 11.0 Å². The maximum Gasteiger partial charge on any atom is 0.317 e. The van der Waals surface area contributed by atoms with E-state index < -0.39 is 11.2 Å². The molecule has 2 aromatic rings. The second-order valence-corrected chi connectivity index (χ2v) is 6.70. The maximum absolute atomic E-state index is 12.3. The molecule has 0 saturated carbocycles. The molecule has 0 radical (unpaired) electrons. The Morgan fingerprint density at radius 3 is 2.29 bits per heavy atom. The molecule has 0 heterocycles. The maximum atomic E-state index is 12.3. The number of rotatable bonds is 8. The number of carboxylic acids is 1. The van der Waals surface area contributed by atoms with Gasteiger partial charge in [0.25, 0.3) is 0 Å². The number of Topliss-reactive ketones (excluding diaryl/α,β-unsaturated/α-hetero) is 1. The first-order valence-electron chi connectivity index (χ1n) is 7.40. The third-order valence-corrected chi connectivity index (χ3v) is 4.67. The van der Waals surface area contributed by atoms with E-state index in [0.717, 1.165) is 16.7 Å². The van der Waals surface area contributed by atoms with Gasteiger partial charge in [-0.3, -0.25) is 9.59 Å². The third kappa shape index (κ3) is 5.28. The van der Waals surface area contributed by atoms with Gasteiger partial charge in [0.2, 0.25) is 0 Å². The van der Waals surface area contributed by atoms with E-state index >= 15 is 0 Å². The predicted octanol–water partition coefficient (Wildman–Crippen LogP) is 4.56. The first-order valence-corrected chi connectivity index (χ1v) is 8.66. The van der Waals surface area contributed by atoms with Crippen molar-refractivity contribution in [2.45, 2.75) is 23.5 Å². The summed E-state index contributed by atoms with van der Waals surface area (Å²) in [5.74, 6) is -0.555. The van der Waals surface area contributed by atoms with Crippen LogP contribution in [0.2, 0.25) is 5.02 Å². The van der Waals surface area contributed by atoms with Crippen LogP contribution in [0.3, 0.4) is 0 Å². The average Bonchev–Trinajstić information content (AvgIpc) is 2.57. The van der Waals surface area contributed by atoms with Gasteiger partial charge in [-0.05, 0) is 55.5 Å². The Kier molecular flexibility index (Phi) is 6.70. The smallest absolute Gasteiger partial charge is 0.317 e. The predicted molar refractivity (Wildman–Crippen MR) is 95.3 cm³/mol. The van der Waals surface area contributed by atoms with Gasteiger partial charge in [0, 0.05) is 21.9 Å². The highest BCUT2D eigenvalue weighted by Gasteiger charge is 2.23. The third-order valence-electron chi connectivity index (χ3n) is 3.23. The van der Waals surface area contributed by atoms with Gasteiger partial charge in [0.15, 0.2) is 5.78 Å². The van der Waals surface area contributed by atoms with Crippen LogP contribution in [0.25, 0.3) is 0 Å². The Hall–Kier alpha value is -1.98. The van der Waals surface area contributed by atoms with E-state index in [2.05, 4.69) is 0 Å². The SMILES string of the molecule is CCOc1ccc(C(=O)CC(Sc2ccc(Cl)cc2)C(=O)O)cc1. The fourth-order valence-corrected chi connectivity index (χ4v) is 3.13. The van der Waals surface area contributed by atoms with E-state index in [1.807, 2.05) is 6.92 Å². The zero-order valence-electron chi connectivity index (χ0n) is 13.1. The average molecular weight is 365 g/mol. The normalized spacial score (nSPS) is 11.8. The highest BCUT2D eigenvalue weighted by atomic mass is 35.5. The van der Waals surface area contributed by atoms with Gasteiger partial charge in [-0.2, -0.15) is 0 Å². The zero-order valence-corrected chi connectivity index (χ0v) is 14.6. The molecule has 6 heteroatoms. The van der Waals surface area contributed by atoms with E-state index in [1.54, 1.807) is 48.5 Å². The molecule has 0 bridgehead atoms. The van der Waals surface area contributed by atoms with E-state index in [9.17, 15) is 14.7 Å². The molecule has 1 unspecified atom stereocenters. The van der Waals surface area contributed by atoms with Gasteiger partial charge >= 0.3 is 5.97 Å². The molecule has 0 aliphatic rings. The topological polar surface area (TPSA) is 63.6 Å². The minimum absolute atomic E-state index is 0.0867. The van der Waals surface area contributed by atoms with Crippen molar-refractivity contribution in [3.63, 3.8) is 0 Å². The number of thioether (sulfide) groups is 1. The van der Waals surface area contributed by atoms with Gasteiger partial charge in [-0.15, -0.1) is 11.8 Å². The summed E-state index contributed by atoms with van der Waals surface area (Å²) in [6.07, 6.45) is -0.0867. The van der Waals surface area contributed by atoms with Crippen molar-refractivity contribution in [3.8, 4) is 5.75 Å². The standard InChI is InChI=1S/C18H17ClO4S/c1-2-23-14-7-3-12(4-8-14)16(20)11-17(18(21)22)24-15-9-5-13(19)6-10-15/h3-10,17H,2,11H2,1H3,(H,21,22). The number of carbonyl (C=O) groups excluding carboxylic acids is 1. The minimum Gasteiger partial charge on any atom is -0.494 e. The number of aliphatic carboxylic acids is 1. The fraction of sp³-hybridized carbons (Fsp3) is 0.222. The lowest BCUT2D eigenvalue weighted by molar-refractivity contribution is -0.136. The second-order valence-electron chi connectivity index (χ2n) is 4.98. The first kappa shape index (κ1) is 18.4. The molecule has 4 nitrogen and oxygen atoms in total. The van der Waals surface area contributed by atoms with Crippen molar-refractivity contribution in [1.29, 1.82) is 0 Å². The molecule has 0 fully saturated rings. The number of carboxylic acid groups (broad SMARTS) is 1. The van der Waals surface area contributed by atoms with Crippen molar-refractivity contribution >= 4 is 35.1 Å². The zero-order chi connectivity index (χ0) is 17.5. The summed E-state index contributed by atoms with van der Waals surface area (Å²) in [7, 11) is 0. The summed E-state index contributed by atoms with van der Waals surface area (Å²) in [5.41, 5.74) is 0.474. The fourth-order valence-electron chi connectivity index (χ4n) is 2.05. The van der Waals surface area contributed by atoms with E-state index in [-0.39, 0.29) is 12.2 Å². The van der Waals surface area contributed by atoms with Crippen LogP contribution in [-0.2, 0) is 4.79 Å². The summed E-state index contributed by atoms with van der Waals surface area (Å²) in [6.45, 7) is 2.43. The summed E-state index contributed by atoms with van der Waals surface area (Å²) in [5, 5.41) is 9.10. The molecule has 126 valence electrons. The molecule has 1 N–H and O–H groups in total. The lowest BCUT2D eigenvalue weighted by Crippen LogP contribution is -2.20. The van der Waals surface area contributed by atoms with Crippen molar-refractivity contribution in [2.75, 3.05) is 6.61 Å². The molecule has 0 aliphatic carbocycles. The first-order chi connectivity index (χ1) is 11.5. The van der Waals surface area contributed by atoms with Crippen molar-refractivity contribution in [3.05, 3.63) is 59.1 Å². The molecule has 0 saturated heterocycles. The number of ketones is 1. The molecule has 0 amide bonds. The van der Waals surface area contributed by atoms with Crippen LogP contribution in [0.15, 0.2) is 53.4 Å². The molecule has 0 spiro atoms. The van der Waals surface area contributed by atoms with Crippen molar-refractivity contribution in [2.24, 2.45) is 0 Å². The number of benzene rings is 2. The molecule has 0 aliphatic heterocycles. The Labute approximate surface area is 149 Å². The quantitative estimate of drug-likeness (QED) is 0.549. The lowest BCUT2D eigenvalue weighted by Gasteiger charge is -2.12.